The summed E-state index contributed by atoms with van der Waals surface area (Å²) in [5, 5.41) is 0. The van der Waals surface area contributed by atoms with Gasteiger partial charge in [0.05, 0.1) is 0 Å². The molecule has 0 saturated carbocycles. The van der Waals surface area contributed by atoms with Crippen molar-refractivity contribution in [2.75, 3.05) is 47.1 Å². The number of hydrogen-bond acceptors (Lipinski definition) is 4. The number of methoxy groups -OCH3 is 2. The molecular formula is C13H28N2O2. The first kappa shape index (κ1) is 14.9. The second-order valence-electron chi connectivity index (χ2n) is 5.09. The highest BCUT2D eigenvalue weighted by molar-refractivity contribution is 4.75. The molecule has 4 heteroatoms. The minimum atomic E-state index is 0.295. The number of nitrogens with two attached hydrogens (primary N) is 1. The summed E-state index contributed by atoms with van der Waals surface area (Å²) in [6.45, 7) is 5.11. The lowest BCUT2D eigenvalue weighted by Crippen LogP contribution is -2.42. The Hall–Kier alpha value is -0.160. The smallest absolute Gasteiger partial charge is 0.0491 e. The number of rotatable bonds is 8. The topological polar surface area (TPSA) is 47.7 Å². The van der Waals surface area contributed by atoms with Crippen molar-refractivity contribution >= 4 is 0 Å². The van der Waals surface area contributed by atoms with Gasteiger partial charge in [-0.15, -0.1) is 0 Å². The number of piperidine rings is 1. The largest absolute Gasteiger partial charge is 0.385 e. The highest BCUT2D eigenvalue weighted by Crippen LogP contribution is 2.17. The third-order valence-electron chi connectivity index (χ3n) is 3.53. The van der Waals surface area contributed by atoms with E-state index in [9.17, 15) is 0 Å². The maximum Gasteiger partial charge on any atom is 0.0491 e. The zero-order valence-electron chi connectivity index (χ0n) is 11.4. The first-order valence-corrected chi connectivity index (χ1v) is 6.72. The van der Waals surface area contributed by atoms with E-state index in [0.717, 1.165) is 38.5 Å². The SMILES string of the molecule is COCCCC(N)CN1CCC(COC)CC1. The van der Waals surface area contributed by atoms with Crippen LogP contribution in [0.15, 0.2) is 0 Å². The number of nitrogens with zero attached hydrogens (tertiary/aromatic N) is 1. The van der Waals surface area contributed by atoms with Gasteiger partial charge in [0.25, 0.3) is 0 Å². The van der Waals surface area contributed by atoms with Gasteiger partial charge in [0.1, 0.15) is 0 Å². The molecule has 0 aromatic heterocycles. The zero-order valence-corrected chi connectivity index (χ0v) is 11.4. The number of ether oxygens (including phenoxy) is 2. The normalized spacial score (nSPS) is 20.6. The molecule has 1 atom stereocenters. The molecule has 0 spiro atoms. The van der Waals surface area contributed by atoms with E-state index in [4.69, 9.17) is 15.2 Å². The highest BCUT2D eigenvalue weighted by atomic mass is 16.5. The van der Waals surface area contributed by atoms with Crippen LogP contribution < -0.4 is 5.73 Å². The summed E-state index contributed by atoms with van der Waals surface area (Å²) in [5.41, 5.74) is 6.12. The van der Waals surface area contributed by atoms with Crippen LogP contribution in [0.4, 0.5) is 0 Å². The Morgan fingerprint density at radius 2 is 1.94 bits per heavy atom. The zero-order chi connectivity index (χ0) is 12.5. The molecule has 1 rings (SSSR count). The molecule has 102 valence electrons. The van der Waals surface area contributed by atoms with E-state index in [1.54, 1.807) is 14.2 Å². The molecule has 4 nitrogen and oxygen atoms in total. The molecule has 0 aromatic carbocycles. The average Bonchev–Trinajstić information content (AvgIpc) is 2.32. The van der Waals surface area contributed by atoms with Crippen LogP contribution in [0.1, 0.15) is 25.7 Å². The Bertz CT molecular complexity index is 182. The van der Waals surface area contributed by atoms with E-state index < -0.39 is 0 Å². The van der Waals surface area contributed by atoms with E-state index in [1.165, 1.54) is 25.9 Å². The first-order valence-electron chi connectivity index (χ1n) is 6.72. The maximum absolute atomic E-state index is 6.12. The van der Waals surface area contributed by atoms with Crippen molar-refractivity contribution in [3.63, 3.8) is 0 Å². The maximum atomic E-state index is 6.12. The van der Waals surface area contributed by atoms with Gasteiger partial charge in [0.15, 0.2) is 0 Å². The quantitative estimate of drug-likeness (QED) is 0.650. The first-order chi connectivity index (χ1) is 8.26. The van der Waals surface area contributed by atoms with Gasteiger partial charge in [-0.05, 0) is 44.7 Å². The van der Waals surface area contributed by atoms with Crippen LogP contribution in [0, 0.1) is 5.92 Å². The fourth-order valence-corrected chi connectivity index (χ4v) is 2.48. The predicted molar refractivity (Wildman–Crippen MR) is 70.1 cm³/mol. The van der Waals surface area contributed by atoms with Crippen molar-refractivity contribution in [1.29, 1.82) is 0 Å². The van der Waals surface area contributed by atoms with Gasteiger partial charge in [-0.1, -0.05) is 0 Å². The van der Waals surface area contributed by atoms with Gasteiger partial charge in [-0.2, -0.15) is 0 Å². The number of likely N-dealkylation sites (tertiary alicyclic amines) is 1. The lowest BCUT2D eigenvalue weighted by molar-refractivity contribution is 0.0960. The van der Waals surface area contributed by atoms with E-state index >= 15 is 0 Å². The molecular weight excluding hydrogens is 216 g/mol. The van der Waals surface area contributed by atoms with Crippen LogP contribution in [-0.4, -0.2) is 58.0 Å². The summed E-state index contributed by atoms with van der Waals surface area (Å²) < 4.78 is 10.2. The fourth-order valence-electron chi connectivity index (χ4n) is 2.48. The van der Waals surface area contributed by atoms with Gasteiger partial charge in [-0.25, -0.2) is 0 Å². The monoisotopic (exact) mass is 244 g/mol. The standard InChI is InChI=1S/C13H28N2O2/c1-16-9-3-4-13(14)10-15-7-5-12(6-8-15)11-17-2/h12-13H,3-11,14H2,1-2H3. The second kappa shape index (κ2) is 8.86. The molecule has 1 aliphatic rings. The molecule has 1 fully saturated rings. The summed E-state index contributed by atoms with van der Waals surface area (Å²) in [5.74, 6) is 0.751. The van der Waals surface area contributed by atoms with Gasteiger partial charge in [0, 0.05) is 40.0 Å². The van der Waals surface area contributed by atoms with Crippen molar-refractivity contribution in [2.24, 2.45) is 11.7 Å². The van der Waals surface area contributed by atoms with Gasteiger partial charge < -0.3 is 20.1 Å². The summed E-state index contributed by atoms with van der Waals surface area (Å²) in [7, 11) is 3.53. The Morgan fingerprint density at radius 1 is 1.24 bits per heavy atom. The Kier molecular flexibility index (Phi) is 7.77. The van der Waals surface area contributed by atoms with Crippen LogP contribution in [0.5, 0.6) is 0 Å². The molecule has 0 aliphatic carbocycles. The van der Waals surface area contributed by atoms with Gasteiger partial charge in [0.2, 0.25) is 0 Å². The molecule has 0 bridgehead atoms. The van der Waals surface area contributed by atoms with Crippen LogP contribution in [0.25, 0.3) is 0 Å². The lowest BCUT2D eigenvalue weighted by atomic mass is 9.97. The van der Waals surface area contributed by atoms with Gasteiger partial charge in [-0.3, -0.25) is 0 Å². The van der Waals surface area contributed by atoms with Crippen molar-refractivity contribution in [3.8, 4) is 0 Å². The molecule has 1 aliphatic heterocycles. The Labute approximate surface area is 105 Å². The summed E-state index contributed by atoms with van der Waals surface area (Å²) in [6, 6.07) is 0.295. The average molecular weight is 244 g/mol. The highest BCUT2D eigenvalue weighted by Gasteiger charge is 2.20. The van der Waals surface area contributed by atoms with Crippen molar-refractivity contribution < 1.29 is 9.47 Å². The summed E-state index contributed by atoms with van der Waals surface area (Å²) in [4.78, 5) is 2.49. The third-order valence-corrected chi connectivity index (χ3v) is 3.53. The van der Waals surface area contributed by atoms with Crippen molar-refractivity contribution in [2.45, 2.75) is 31.7 Å². The van der Waals surface area contributed by atoms with E-state index in [2.05, 4.69) is 4.90 Å². The van der Waals surface area contributed by atoms with Gasteiger partial charge >= 0.3 is 0 Å². The van der Waals surface area contributed by atoms with Crippen molar-refractivity contribution in [3.05, 3.63) is 0 Å². The third kappa shape index (κ3) is 6.36. The summed E-state index contributed by atoms with van der Waals surface area (Å²) in [6.07, 6.45) is 4.63. The van der Waals surface area contributed by atoms with Crippen LogP contribution in [0.2, 0.25) is 0 Å². The second-order valence-corrected chi connectivity index (χ2v) is 5.09. The molecule has 0 radical (unpaired) electrons. The minimum absolute atomic E-state index is 0.295. The van der Waals surface area contributed by atoms with E-state index in [1.807, 2.05) is 0 Å². The van der Waals surface area contributed by atoms with Crippen LogP contribution >= 0.6 is 0 Å². The predicted octanol–water partition coefficient (Wildman–Crippen LogP) is 1.10. The molecule has 0 amide bonds. The fraction of sp³-hybridized carbons (Fsp3) is 1.00. The Balaban J connectivity index is 2.08. The van der Waals surface area contributed by atoms with E-state index in [-0.39, 0.29) is 0 Å². The molecule has 1 heterocycles. The lowest BCUT2D eigenvalue weighted by Gasteiger charge is -2.33. The number of hydrogen-bond donors (Lipinski definition) is 1. The summed E-state index contributed by atoms with van der Waals surface area (Å²) >= 11 is 0. The molecule has 1 unspecified atom stereocenters. The Morgan fingerprint density at radius 3 is 2.53 bits per heavy atom. The minimum Gasteiger partial charge on any atom is -0.385 e. The molecule has 0 aromatic rings. The van der Waals surface area contributed by atoms with Crippen LogP contribution in [0.3, 0.4) is 0 Å². The molecule has 1 saturated heterocycles. The van der Waals surface area contributed by atoms with Crippen LogP contribution in [-0.2, 0) is 9.47 Å². The molecule has 17 heavy (non-hydrogen) atoms. The van der Waals surface area contributed by atoms with Crippen molar-refractivity contribution in [1.82, 2.24) is 4.90 Å². The molecule has 2 N–H and O–H groups in total. The van der Waals surface area contributed by atoms with E-state index in [0.29, 0.717) is 6.04 Å².